The standard InChI is InChI=1S/C8H14BrNO2/c1-2-7(9)5-12-8(11)6-3-10-4-6/h6-7,10H,2-5H2,1H3. The summed E-state index contributed by atoms with van der Waals surface area (Å²) < 4.78 is 5.07. The number of hydrogen-bond donors (Lipinski definition) is 1. The van der Waals surface area contributed by atoms with Crippen LogP contribution < -0.4 is 5.32 Å². The maximum Gasteiger partial charge on any atom is 0.311 e. The third-order valence-corrected chi connectivity index (χ3v) is 2.88. The maximum atomic E-state index is 11.2. The van der Waals surface area contributed by atoms with Gasteiger partial charge in [0.1, 0.15) is 6.61 Å². The Morgan fingerprint density at radius 2 is 2.42 bits per heavy atom. The topological polar surface area (TPSA) is 38.3 Å². The summed E-state index contributed by atoms with van der Waals surface area (Å²) in [6.45, 7) is 4.10. The molecule has 0 saturated carbocycles. The molecule has 70 valence electrons. The van der Waals surface area contributed by atoms with Crippen LogP contribution in [-0.2, 0) is 9.53 Å². The average Bonchev–Trinajstić information content (AvgIpc) is 1.97. The monoisotopic (exact) mass is 235 g/mol. The Bertz CT molecular complexity index is 159. The Balaban J connectivity index is 2.09. The highest BCUT2D eigenvalue weighted by Crippen LogP contribution is 2.09. The summed E-state index contributed by atoms with van der Waals surface area (Å²) >= 11 is 3.40. The van der Waals surface area contributed by atoms with Crippen LogP contribution in [0.2, 0.25) is 0 Å². The highest BCUT2D eigenvalue weighted by Gasteiger charge is 2.26. The van der Waals surface area contributed by atoms with E-state index in [-0.39, 0.29) is 11.9 Å². The molecule has 0 bridgehead atoms. The number of ether oxygens (including phenoxy) is 1. The number of halogens is 1. The van der Waals surface area contributed by atoms with Gasteiger partial charge in [-0.25, -0.2) is 0 Å². The zero-order chi connectivity index (χ0) is 8.97. The summed E-state index contributed by atoms with van der Waals surface area (Å²) in [5.41, 5.74) is 0. The van der Waals surface area contributed by atoms with Crippen LogP contribution in [0.3, 0.4) is 0 Å². The van der Waals surface area contributed by atoms with Crippen LogP contribution in [0.4, 0.5) is 0 Å². The van der Waals surface area contributed by atoms with E-state index in [1.807, 2.05) is 0 Å². The Morgan fingerprint density at radius 3 is 2.83 bits per heavy atom. The van der Waals surface area contributed by atoms with Crippen LogP contribution in [0, 0.1) is 5.92 Å². The van der Waals surface area contributed by atoms with Gasteiger partial charge in [0.2, 0.25) is 0 Å². The molecular weight excluding hydrogens is 222 g/mol. The van der Waals surface area contributed by atoms with E-state index >= 15 is 0 Å². The van der Waals surface area contributed by atoms with Crippen molar-refractivity contribution in [1.29, 1.82) is 0 Å². The summed E-state index contributed by atoms with van der Waals surface area (Å²) in [7, 11) is 0. The number of alkyl halides is 1. The van der Waals surface area contributed by atoms with E-state index in [9.17, 15) is 4.79 Å². The van der Waals surface area contributed by atoms with Gasteiger partial charge in [0.15, 0.2) is 0 Å². The second-order valence-electron chi connectivity index (χ2n) is 2.99. The van der Waals surface area contributed by atoms with Crippen LogP contribution in [-0.4, -0.2) is 30.5 Å². The Morgan fingerprint density at radius 1 is 1.75 bits per heavy atom. The number of esters is 1. The number of nitrogens with one attached hydrogen (secondary N) is 1. The number of carbonyl (C=O) groups is 1. The summed E-state index contributed by atoms with van der Waals surface area (Å²) in [6.07, 6.45) is 0.982. The minimum atomic E-state index is -0.0633. The number of hydrogen-bond acceptors (Lipinski definition) is 3. The molecule has 1 saturated heterocycles. The molecule has 0 aromatic rings. The van der Waals surface area contributed by atoms with Crippen LogP contribution in [0.15, 0.2) is 0 Å². The predicted octanol–water partition coefficient (Wildman–Crippen LogP) is 0.923. The van der Waals surface area contributed by atoms with Gasteiger partial charge in [-0.2, -0.15) is 0 Å². The van der Waals surface area contributed by atoms with Crippen molar-refractivity contribution in [1.82, 2.24) is 5.32 Å². The van der Waals surface area contributed by atoms with Crippen molar-refractivity contribution in [2.75, 3.05) is 19.7 Å². The molecule has 1 fully saturated rings. The zero-order valence-corrected chi connectivity index (χ0v) is 8.76. The molecule has 4 heteroatoms. The molecule has 1 aliphatic heterocycles. The van der Waals surface area contributed by atoms with Gasteiger partial charge in [-0.3, -0.25) is 4.79 Å². The van der Waals surface area contributed by atoms with E-state index < -0.39 is 0 Å². The third kappa shape index (κ3) is 2.75. The average molecular weight is 236 g/mol. The van der Waals surface area contributed by atoms with Crippen LogP contribution >= 0.6 is 15.9 Å². The summed E-state index contributed by atoms with van der Waals surface area (Å²) in [5.74, 6) is 0.0354. The third-order valence-electron chi connectivity index (χ3n) is 1.96. The van der Waals surface area contributed by atoms with Gasteiger partial charge in [-0.1, -0.05) is 22.9 Å². The van der Waals surface area contributed by atoms with Crippen molar-refractivity contribution >= 4 is 21.9 Å². The molecule has 1 atom stereocenters. The van der Waals surface area contributed by atoms with E-state index in [0.717, 1.165) is 19.5 Å². The van der Waals surface area contributed by atoms with Crippen molar-refractivity contribution in [3.63, 3.8) is 0 Å². The minimum Gasteiger partial charge on any atom is -0.464 e. The largest absolute Gasteiger partial charge is 0.464 e. The van der Waals surface area contributed by atoms with Gasteiger partial charge in [0.05, 0.1) is 5.92 Å². The number of carbonyl (C=O) groups excluding carboxylic acids is 1. The lowest BCUT2D eigenvalue weighted by atomic mass is 10.0. The van der Waals surface area contributed by atoms with Crippen LogP contribution in [0.1, 0.15) is 13.3 Å². The molecule has 0 aromatic heterocycles. The first-order chi connectivity index (χ1) is 5.74. The van der Waals surface area contributed by atoms with Crippen LogP contribution in [0.25, 0.3) is 0 Å². The molecule has 12 heavy (non-hydrogen) atoms. The molecule has 1 unspecified atom stereocenters. The molecule has 0 radical (unpaired) electrons. The smallest absolute Gasteiger partial charge is 0.311 e. The van der Waals surface area contributed by atoms with Crippen molar-refractivity contribution in [3.05, 3.63) is 0 Å². The Kier molecular flexibility index (Phi) is 4.01. The normalized spacial score (nSPS) is 19.8. The second kappa shape index (κ2) is 4.82. The van der Waals surface area contributed by atoms with E-state index in [1.165, 1.54) is 0 Å². The second-order valence-corrected chi connectivity index (χ2v) is 4.29. The lowest BCUT2D eigenvalue weighted by Gasteiger charge is -2.25. The fourth-order valence-corrected chi connectivity index (χ4v) is 0.996. The van der Waals surface area contributed by atoms with E-state index in [2.05, 4.69) is 28.2 Å². The molecule has 0 amide bonds. The summed E-state index contributed by atoms with van der Waals surface area (Å²) in [5, 5.41) is 3.03. The Labute approximate surface area is 81.0 Å². The molecule has 1 N–H and O–H groups in total. The molecule has 0 aliphatic carbocycles. The molecule has 3 nitrogen and oxygen atoms in total. The number of rotatable bonds is 4. The molecule has 0 spiro atoms. The molecule has 1 aliphatic rings. The van der Waals surface area contributed by atoms with Gasteiger partial charge in [-0.15, -0.1) is 0 Å². The van der Waals surface area contributed by atoms with Crippen molar-refractivity contribution in [2.45, 2.75) is 18.2 Å². The fraction of sp³-hybridized carbons (Fsp3) is 0.875. The summed E-state index contributed by atoms with van der Waals surface area (Å²) in [4.78, 5) is 11.5. The highest BCUT2D eigenvalue weighted by molar-refractivity contribution is 9.09. The van der Waals surface area contributed by atoms with Gasteiger partial charge in [0, 0.05) is 17.9 Å². The van der Waals surface area contributed by atoms with Gasteiger partial charge in [0.25, 0.3) is 0 Å². The first-order valence-corrected chi connectivity index (χ1v) is 5.17. The molecular formula is C8H14BrNO2. The predicted molar refractivity (Wildman–Crippen MR) is 50.3 cm³/mol. The highest BCUT2D eigenvalue weighted by atomic mass is 79.9. The lowest BCUT2D eigenvalue weighted by Crippen LogP contribution is -2.47. The quantitative estimate of drug-likeness (QED) is 0.582. The van der Waals surface area contributed by atoms with E-state index in [1.54, 1.807) is 0 Å². The van der Waals surface area contributed by atoms with Crippen LogP contribution in [0.5, 0.6) is 0 Å². The molecule has 1 rings (SSSR count). The molecule has 0 aromatic carbocycles. The first kappa shape index (κ1) is 9.99. The first-order valence-electron chi connectivity index (χ1n) is 4.25. The fourth-order valence-electron chi connectivity index (χ4n) is 0.864. The van der Waals surface area contributed by atoms with E-state index in [0.29, 0.717) is 11.4 Å². The van der Waals surface area contributed by atoms with Gasteiger partial charge < -0.3 is 10.1 Å². The Hall–Kier alpha value is -0.0900. The minimum absolute atomic E-state index is 0.0633. The summed E-state index contributed by atoms with van der Waals surface area (Å²) in [6, 6.07) is 0. The van der Waals surface area contributed by atoms with Crippen molar-refractivity contribution in [2.24, 2.45) is 5.92 Å². The SMILES string of the molecule is CCC(Br)COC(=O)C1CNC1. The lowest BCUT2D eigenvalue weighted by molar-refractivity contribution is -0.150. The van der Waals surface area contributed by atoms with Gasteiger partial charge >= 0.3 is 5.97 Å². The zero-order valence-electron chi connectivity index (χ0n) is 7.18. The van der Waals surface area contributed by atoms with E-state index in [4.69, 9.17) is 4.74 Å². The van der Waals surface area contributed by atoms with Crippen molar-refractivity contribution in [3.8, 4) is 0 Å². The van der Waals surface area contributed by atoms with Gasteiger partial charge in [-0.05, 0) is 6.42 Å². The maximum absolute atomic E-state index is 11.2. The van der Waals surface area contributed by atoms with Crippen molar-refractivity contribution < 1.29 is 9.53 Å². The molecule has 1 heterocycles.